The van der Waals surface area contributed by atoms with Crippen molar-refractivity contribution in [3.63, 3.8) is 0 Å². The lowest BCUT2D eigenvalue weighted by atomic mass is 10.0. The number of amides is 1. The summed E-state index contributed by atoms with van der Waals surface area (Å²) in [5, 5.41) is 17.0. The third-order valence-electron chi connectivity index (χ3n) is 4.23. The number of aromatic nitrogens is 3. The summed E-state index contributed by atoms with van der Waals surface area (Å²) in [5.74, 6) is -0.466. The Kier molecular flexibility index (Phi) is 4.04. The van der Waals surface area contributed by atoms with Crippen LogP contribution in [0.2, 0.25) is 0 Å². The van der Waals surface area contributed by atoms with Crippen molar-refractivity contribution in [1.29, 1.82) is 0 Å². The minimum Gasteiger partial charge on any atom is -0.504 e. The van der Waals surface area contributed by atoms with Crippen LogP contribution in [0, 0.1) is 13.8 Å². The van der Waals surface area contributed by atoms with E-state index >= 15 is 0 Å². The topological polar surface area (TPSA) is 101 Å². The first kappa shape index (κ1) is 16.7. The van der Waals surface area contributed by atoms with E-state index in [1.165, 1.54) is 12.3 Å². The molecule has 0 bridgehead atoms. The number of nitrogens with zero attached hydrogens (tertiary/aromatic N) is 3. The van der Waals surface area contributed by atoms with Crippen LogP contribution in [-0.2, 0) is 0 Å². The summed E-state index contributed by atoms with van der Waals surface area (Å²) in [6.45, 7) is 3.74. The molecule has 0 unspecified atom stereocenters. The van der Waals surface area contributed by atoms with Crippen LogP contribution in [-0.4, -0.2) is 26.1 Å². The first-order chi connectivity index (χ1) is 13.0. The minimum absolute atomic E-state index is 0.0819. The van der Waals surface area contributed by atoms with Crippen LogP contribution < -0.4 is 5.32 Å². The molecule has 0 spiro atoms. The Morgan fingerprint density at radius 2 is 1.93 bits per heavy atom. The molecule has 0 aliphatic carbocycles. The predicted molar refractivity (Wildman–Crippen MR) is 101 cm³/mol. The molecule has 0 aliphatic rings. The molecule has 7 heteroatoms. The van der Waals surface area contributed by atoms with Crippen molar-refractivity contribution in [2.45, 2.75) is 13.8 Å². The quantitative estimate of drug-likeness (QED) is 0.575. The monoisotopic (exact) mass is 360 g/mol. The van der Waals surface area contributed by atoms with Gasteiger partial charge in [-0.2, -0.15) is 0 Å². The number of carbonyl (C=O) groups excluding carboxylic acids is 1. The van der Waals surface area contributed by atoms with Crippen LogP contribution in [0.1, 0.15) is 21.6 Å². The van der Waals surface area contributed by atoms with Crippen LogP contribution in [0.25, 0.3) is 22.4 Å². The summed E-state index contributed by atoms with van der Waals surface area (Å²) >= 11 is 0. The number of hydrogen-bond donors (Lipinski definition) is 2. The Hall–Kier alpha value is -3.74. The smallest absolute Gasteiger partial charge is 0.259 e. The number of fused-ring (bicyclic) bond motifs is 1. The van der Waals surface area contributed by atoms with Crippen molar-refractivity contribution in [3.8, 4) is 17.0 Å². The van der Waals surface area contributed by atoms with Gasteiger partial charge < -0.3 is 14.9 Å². The number of aryl methyl sites for hydroxylation is 2. The normalized spacial score (nSPS) is 10.9. The molecule has 3 aromatic heterocycles. The first-order valence-corrected chi connectivity index (χ1v) is 8.32. The number of benzene rings is 1. The summed E-state index contributed by atoms with van der Waals surface area (Å²) in [4.78, 5) is 21.4. The van der Waals surface area contributed by atoms with Crippen molar-refractivity contribution in [2.24, 2.45) is 0 Å². The zero-order chi connectivity index (χ0) is 19.0. The third kappa shape index (κ3) is 3.10. The van der Waals surface area contributed by atoms with Crippen LogP contribution in [0.3, 0.4) is 0 Å². The Morgan fingerprint density at radius 3 is 2.67 bits per heavy atom. The van der Waals surface area contributed by atoms with Gasteiger partial charge in [-0.15, -0.1) is 0 Å². The van der Waals surface area contributed by atoms with Crippen molar-refractivity contribution in [2.75, 3.05) is 5.32 Å². The molecule has 7 nitrogen and oxygen atoms in total. The average molecular weight is 360 g/mol. The van der Waals surface area contributed by atoms with Gasteiger partial charge in [0.1, 0.15) is 0 Å². The largest absolute Gasteiger partial charge is 0.504 e. The second kappa shape index (κ2) is 6.53. The van der Waals surface area contributed by atoms with E-state index in [2.05, 4.69) is 20.4 Å². The summed E-state index contributed by atoms with van der Waals surface area (Å²) in [7, 11) is 0. The van der Waals surface area contributed by atoms with E-state index in [-0.39, 0.29) is 17.3 Å². The summed E-state index contributed by atoms with van der Waals surface area (Å²) in [5.41, 5.74) is 3.75. The zero-order valence-corrected chi connectivity index (χ0v) is 14.7. The van der Waals surface area contributed by atoms with E-state index in [1.807, 2.05) is 31.2 Å². The Balaban J connectivity index is 1.83. The molecule has 0 saturated carbocycles. The van der Waals surface area contributed by atoms with Gasteiger partial charge in [-0.25, -0.2) is 9.97 Å². The Labute approximate surface area is 154 Å². The summed E-state index contributed by atoms with van der Waals surface area (Å²) in [6, 6.07) is 12.5. The first-order valence-electron chi connectivity index (χ1n) is 8.32. The lowest BCUT2D eigenvalue weighted by Crippen LogP contribution is -2.14. The molecular weight excluding hydrogens is 344 g/mol. The van der Waals surface area contributed by atoms with Crippen molar-refractivity contribution in [3.05, 3.63) is 65.5 Å². The van der Waals surface area contributed by atoms with Gasteiger partial charge in [0.05, 0.1) is 22.3 Å². The van der Waals surface area contributed by atoms with Gasteiger partial charge in [0.25, 0.3) is 11.6 Å². The maximum atomic E-state index is 12.9. The molecule has 134 valence electrons. The van der Waals surface area contributed by atoms with Gasteiger partial charge in [0.2, 0.25) is 0 Å². The second-order valence-electron chi connectivity index (χ2n) is 6.19. The van der Waals surface area contributed by atoms with Crippen molar-refractivity contribution in [1.82, 2.24) is 15.1 Å². The number of carbonyl (C=O) groups is 1. The molecule has 0 radical (unpaired) electrons. The highest BCUT2D eigenvalue weighted by molar-refractivity contribution is 6.13. The standard InChI is InChI=1S/C20H16N4O3/c1-11-5-7-13(8-6-11)15-10-14(17-12(2)24-27-20(17)22-15)19(26)23-18-16(25)4-3-9-21-18/h3-10,25H,1-2H3,(H,21,23,26). The number of anilines is 1. The highest BCUT2D eigenvalue weighted by Crippen LogP contribution is 2.28. The fourth-order valence-electron chi connectivity index (χ4n) is 2.81. The number of pyridine rings is 2. The van der Waals surface area contributed by atoms with Gasteiger partial charge in [0.15, 0.2) is 11.6 Å². The highest BCUT2D eigenvalue weighted by Gasteiger charge is 2.20. The lowest BCUT2D eigenvalue weighted by molar-refractivity contribution is 0.102. The molecule has 4 rings (SSSR count). The van der Waals surface area contributed by atoms with E-state index in [4.69, 9.17) is 4.52 Å². The van der Waals surface area contributed by atoms with E-state index in [0.29, 0.717) is 22.3 Å². The molecule has 0 saturated heterocycles. The second-order valence-corrected chi connectivity index (χ2v) is 6.19. The molecule has 0 aliphatic heterocycles. The highest BCUT2D eigenvalue weighted by atomic mass is 16.5. The Morgan fingerprint density at radius 1 is 1.15 bits per heavy atom. The Bertz CT molecular complexity index is 1150. The maximum absolute atomic E-state index is 12.9. The molecule has 1 amide bonds. The van der Waals surface area contributed by atoms with Crippen molar-refractivity contribution >= 4 is 22.8 Å². The fraction of sp³-hybridized carbons (Fsp3) is 0.100. The molecule has 2 N–H and O–H groups in total. The molecular formula is C20H16N4O3. The number of nitrogens with one attached hydrogen (secondary N) is 1. The van der Waals surface area contributed by atoms with Crippen LogP contribution in [0.15, 0.2) is 53.2 Å². The van der Waals surface area contributed by atoms with Crippen LogP contribution in [0.4, 0.5) is 5.82 Å². The molecule has 1 aromatic carbocycles. The minimum atomic E-state index is -0.434. The number of hydrogen-bond acceptors (Lipinski definition) is 6. The SMILES string of the molecule is Cc1ccc(-c2cc(C(=O)Nc3ncccc3O)c3c(C)noc3n2)cc1. The molecule has 27 heavy (non-hydrogen) atoms. The fourth-order valence-corrected chi connectivity index (χ4v) is 2.81. The van der Waals surface area contributed by atoms with E-state index < -0.39 is 5.91 Å². The molecule has 0 fully saturated rings. The zero-order valence-electron chi connectivity index (χ0n) is 14.7. The molecule has 0 atom stereocenters. The predicted octanol–water partition coefficient (Wildman–Crippen LogP) is 3.86. The van der Waals surface area contributed by atoms with Crippen LogP contribution >= 0.6 is 0 Å². The number of rotatable bonds is 3. The van der Waals surface area contributed by atoms with Gasteiger partial charge in [-0.3, -0.25) is 4.79 Å². The molecule has 3 heterocycles. The summed E-state index contributed by atoms with van der Waals surface area (Å²) < 4.78 is 5.29. The van der Waals surface area contributed by atoms with Crippen molar-refractivity contribution < 1.29 is 14.4 Å². The number of aromatic hydroxyl groups is 1. The van der Waals surface area contributed by atoms with Gasteiger partial charge >= 0.3 is 0 Å². The van der Waals surface area contributed by atoms with Gasteiger partial charge in [-0.1, -0.05) is 35.0 Å². The maximum Gasteiger partial charge on any atom is 0.259 e. The third-order valence-corrected chi connectivity index (χ3v) is 4.23. The van der Waals surface area contributed by atoms with Gasteiger partial charge in [0, 0.05) is 11.8 Å². The van der Waals surface area contributed by atoms with Crippen LogP contribution in [0.5, 0.6) is 5.75 Å². The van der Waals surface area contributed by atoms with E-state index in [0.717, 1.165) is 11.1 Å². The van der Waals surface area contributed by atoms with E-state index in [9.17, 15) is 9.90 Å². The van der Waals surface area contributed by atoms with Gasteiger partial charge in [-0.05, 0) is 32.0 Å². The summed E-state index contributed by atoms with van der Waals surface area (Å²) in [6.07, 6.45) is 1.49. The lowest BCUT2D eigenvalue weighted by Gasteiger charge is -2.09. The average Bonchev–Trinajstić information content (AvgIpc) is 3.04. The molecule has 4 aromatic rings. The van der Waals surface area contributed by atoms with E-state index in [1.54, 1.807) is 19.1 Å².